The molecule has 1 rings (SSSR count). The van der Waals surface area contributed by atoms with E-state index in [9.17, 15) is 14.9 Å². The molecule has 1 atom stereocenters. The molecule has 0 spiro atoms. The third kappa shape index (κ3) is 4.32. The number of nitro groups is 1. The van der Waals surface area contributed by atoms with E-state index in [0.717, 1.165) is 12.4 Å². The first-order chi connectivity index (χ1) is 8.52. The lowest BCUT2D eigenvalue weighted by Crippen LogP contribution is -2.18. The molecule has 18 heavy (non-hydrogen) atoms. The summed E-state index contributed by atoms with van der Waals surface area (Å²) in [6.45, 7) is 2.31. The highest BCUT2D eigenvalue weighted by molar-refractivity contribution is 5.67. The number of nitrogens with zero attached hydrogens (tertiary/aromatic N) is 3. The van der Waals surface area contributed by atoms with E-state index in [-0.39, 0.29) is 24.0 Å². The number of nitrogens with one attached hydrogen (secondary N) is 1. The average Bonchev–Trinajstić information content (AvgIpc) is 2.34. The Morgan fingerprint density at radius 1 is 1.56 bits per heavy atom. The van der Waals surface area contributed by atoms with E-state index < -0.39 is 10.9 Å². The lowest BCUT2D eigenvalue weighted by molar-refractivity contribution is -0.385. The van der Waals surface area contributed by atoms with Crippen molar-refractivity contribution < 1.29 is 14.8 Å². The Labute approximate surface area is 103 Å². The van der Waals surface area contributed by atoms with Crippen LogP contribution >= 0.6 is 0 Å². The van der Waals surface area contributed by atoms with E-state index in [0.29, 0.717) is 13.0 Å². The predicted molar refractivity (Wildman–Crippen MR) is 63.2 cm³/mol. The van der Waals surface area contributed by atoms with Gasteiger partial charge in [-0.2, -0.15) is 0 Å². The van der Waals surface area contributed by atoms with Crippen LogP contribution in [0, 0.1) is 16.0 Å². The van der Waals surface area contributed by atoms with Gasteiger partial charge in [0.25, 0.3) is 0 Å². The predicted octanol–water partition coefficient (Wildman–Crippen LogP) is 1.30. The molecule has 2 N–H and O–H groups in total. The van der Waals surface area contributed by atoms with Crippen LogP contribution in [0.5, 0.6) is 0 Å². The first-order valence-electron chi connectivity index (χ1n) is 5.45. The molecule has 0 fully saturated rings. The molecule has 98 valence electrons. The lowest BCUT2D eigenvalue weighted by atomic mass is 10.0. The Morgan fingerprint density at radius 3 is 2.61 bits per heavy atom. The molecule has 0 amide bonds. The van der Waals surface area contributed by atoms with Gasteiger partial charge in [-0.25, -0.2) is 9.97 Å². The maximum Gasteiger partial charge on any atom is 0.305 e. The van der Waals surface area contributed by atoms with Crippen molar-refractivity contribution in [2.24, 2.45) is 5.92 Å². The Balaban J connectivity index is 2.52. The van der Waals surface area contributed by atoms with Gasteiger partial charge in [0.05, 0.1) is 4.92 Å². The number of carboxylic acid groups (broad SMARTS) is 1. The third-order valence-corrected chi connectivity index (χ3v) is 2.44. The minimum absolute atomic E-state index is 0.0266. The van der Waals surface area contributed by atoms with Crippen molar-refractivity contribution in [2.45, 2.75) is 19.8 Å². The summed E-state index contributed by atoms with van der Waals surface area (Å²) in [5, 5.41) is 21.9. The van der Waals surface area contributed by atoms with Gasteiger partial charge in [0.1, 0.15) is 12.4 Å². The third-order valence-electron chi connectivity index (χ3n) is 2.44. The second kappa shape index (κ2) is 6.48. The number of carboxylic acids is 1. The zero-order chi connectivity index (χ0) is 13.5. The van der Waals surface area contributed by atoms with Gasteiger partial charge in [-0.15, -0.1) is 0 Å². The van der Waals surface area contributed by atoms with Crippen LogP contribution in [0.25, 0.3) is 0 Å². The van der Waals surface area contributed by atoms with Gasteiger partial charge in [0.15, 0.2) is 0 Å². The molecule has 8 nitrogen and oxygen atoms in total. The first kappa shape index (κ1) is 13.8. The molecular weight excluding hydrogens is 240 g/mol. The van der Waals surface area contributed by atoms with Crippen molar-refractivity contribution in [3.8, 4) is 0 Å². The van der Waals surface area contributed by atoms with E-state index in [1.165, 1.54) is 0 Å². The maximum absolute atomic E-state index is 10.6. The molecule has 8 heteroatoms. The summed E-state index contributed by atoms with van der Waals surface area (Å²) >= 11 is 0. The van der Waals surface area contributed by atoms with Gasteiger partial charge in [-0.05, 0) is 5.92 Å². The average molecular weight is 254 g/mol. The second-order valence-corrected chi connectivity index (χ2v) is 3.78. The van der Waals surface area contributed by atoms with Crippen molar-refractivity contribution in [3.63, 3.8) is 0 Å². The SMILES string of the molecule is CCC(CNc1ncc([N+](=O)[O-])cn1)CC(=O)O. The maximum atomic E-state index is 10.6. The minimum atomic E-state index is -0.853. The Kier molecular flexibility index (Phi) is 4.97. The molecule has 0 aliphatic rings. The topological polar surface area (TPSA) is 118 Å². The van der Waals surface area contributed by atoms with Crippen LogP contribution in [0.1, 0.15) is 19.8 Å². The van der Waals surface area contributed by atoms with E-state index in [4.69, 9.17) is 5.11 Å². The first-order valence-corrected chi connectivity index (χ1v) is 5.45. The van der Waals surface area contributed by atoms with Crippen LogP contribution in [0.3, 0.4) is 0 Å². The highest BCUT2D eigenvalue weighted by atomic mass is 16.6. The van der Waals surface area contributed by atoms with Crippen LogP contribution < -0.4 is 5.32 Å². The standard InChI is InChI=1S/C10H14N4O4/c1-2-7(3-9(15)16)4-11-10-12-5-8(6-13-10)14(17)18/h5-7H,2-4H2,1H3,(H,15,16)(H,11,12,13). The number of rotatable bonds is 7. The summed E-state index contributed by atoms with van der Waals surface area (Å²) < 4.78 is 0. The number of hydrogen-bond acceptors (Lipinski definition) is 6. The number of aromatic nitrogens is 2. The fraction of sp³-hybridized carbons (Fsp3) is 0.500. The Hall–Kier alpha value is -2.25. The van der Waals surface area contributed by atoms with Crippen molar-refractivity contribution in [2.75, 3.05) is 11.9 Å². The van der Waals surface area contributed by atoms with Crippen LogP contribution in [-0.4, -0.2) is 32.5 Å². The van der Waals surface area contributed by atoms with Crippen LogP contribution in [0.2, 0.25) is 0 Å². The van der Waals surface area contributed by atoms with Crippen molar-refractivity contribution in [3.05, 3.63) is 22.5 Å². The molecule has 0 aliphatic carbocycles. The zero-order valence-corrected chi connectivity index (χ0v) is 9.87. The van der Waals surface area contributed by atoms with E-state index in [1.807, 2.05) is 6.92 Å². The molecule has 0 aromatic carbocycles. The molecule has 1 aromatic rings. The van der Waals surface area contributed by atoms with Gasteiger partial charge in [-0.1, -0.05) is 13.3 Å². The fourth-order valence-electron chi connectivity index (χ4n) is 1.35. The van der Waals surface area contributed by atoms with Gasteiger partial charge < -0.3 is 10.4 Å². The monoisotopic (exact) mass is 254 g/mol. The molecule has 1 aromatic heterocycles. The van der Waals surface area contributed by atoms with E-state index >= 15 is 0 Å². The number of aliphatic carboxylic acids is 1. The minimum Gasteiger partial charge on any atom is -0.481 e. The summed E-state index contributed by atoms with van der Waals surface area (Å²) in [4.78, 5) is 27.9. The van der Waals surface area contributed by atoms with Crippen LogP contribution in [-0.2, 0) is 4.79 Å². The molecular formula is C10H14N4O4. The van der Waals surface area contributed by atoms with Gasteiger partial charge in [0, 0.05) is 13.0 Å². The Morgan fingerprint density at radius 2 is 2.17 bits per heavy atom. The van der Waals surface area contributed by atoms with Crippen molar-refractivity contribution in [1.29, 1.82) is 0 Å². The summed E-state index contributed by atoms with van der Waals surface area (Å²) in [7, 11) is 0. The molecule has 0 radical (unpaired) electrons. The largest absolute Gasteiger partial charge is 0.481 e. The molecule has 0 saturated heterocycles. The van der Waals surface area contributed by atoms with Gasteiger partial charge in [-0.3, -0.25) is 14.9 Å². The van der Waals surface area contributed by atoms with Crippen molar-refractivity contribution >= 4 is 17.6 Å². The van der Waals surface area contributed by atoms with E-state index in [2.05, 4.69) is 15.3 Å². The van der Waals surface area contributed by atoms with E-state index in [1.54, 1.807) is 0 Å². The number of carbonyl (C=O) groups is 1. The number of anilines is 1. The fourth-order valence-corrected chi connectivity index (χ4v) is 1.35. The van der Waals surface area contributed by atoms with Gasteiger partial charge in [0.2, 0.25) is 5.95 Å². The molecule has 0 aliphatic heterocycles. The molecule has 0 saturated carbocycles. The Bertz CT molecular complexity index is 420. The smallest absolute Gasteiger partial charge is 0.305 e. The van der Waals surface area contributed by atoms with Crippen LogP contribution in [0.15, 0.2) is 12.4 Å². The highest BCUT2D eigenvalue weighted by Crippen LogP contribution is 2.11. The highest BCUT2D eigenvalue weighted by Gasteiger charge is 2.12. The van der Waals surface area contributed by atoms with Crippen LogP contribution in [0.4, 0.5) is 11.6 Å². The summed E-state index contributed by atoms with van der Waals surface area (Å²) in [6, 6.07) is 0. The summed E-state index contributed by atoms with van der Waals surface area (Å²) in [5.74, 6) is -0.626. The normalized spacial score (nSPS) is 11.8. The summed E-state index contributed by atoms with van der Waals surface area (Å²) in [5.41, 5.74) is -0.182. The lowest BCUT2D eigenvalue weighted by Gasteiger charge is -2.12. The molecule has 1 heterocycles. The summed E-state index contributed by atoms with van der Waals surface area (Å²) in [6.07, 6.45) is 2.99. The molecule has 1 unspecified atom stereocenters. The second-order valence-electron chi connectivity index (χ2n) is 3.78. The molecule has 0 bridgehead atoms. The zero-order valence-electron chi connectivity index (χ0n) is 9.87. The number of hydrogen-bond donors (Lipinski definition) is 2. The quantitative estimate of drug-likeness (QED) is 0.556. The van der Waals surface area contributed by atoms with Crippen molar-refractivity contribution in [1.82, 2.24) is 9.97 Å². The van der Waals surface area contributed by atoms with Gasteiger partial charge >= 0.3 is 11.7 Å².